The number of rotatable bonds is 2. The maximum absolute atomic E-state index is 11.0. The van der Waals surface area contributed by atoms with E-state index in [0.717, 1.165) is 24.9 Å². The van der Waals surface area contributed by atoms with E-state index in [9.17, 15) is 4.79 Å². The number of halogens is 1. The van der Waals surface area contributed by atoms with Crippen molar-refractivity contribution in [3.8, 4) is 0 Å². The number of amides is 1. The molecule has 0 radical (unpaired) electrons. The fourth-order valence-corrected chi connectivity index (χ4v) is 2.26. The first-order valence-corrected chi connectivity index (χ1v) is 5.82. The Morgan fingerprint density at radius 3 is 3.00 bits per heavy atom. The molecular weight excluding hydrogens is 242 g/mol. The average molecular weight is 256 g/mol. The fraction of sp³-hybridized carbons (Fsp3) is 0.455. The summed E-state index contributed by atoms with van der Waals surface area (Å²) in [5.74, 6) is 0. The molecule has 0 aromatic carbocycles. The van der Waals surface area contributed by atoms with Crippen LogP contribution in [0.5, 0.6) is 0 Å². The summed E-state index contributed by atoms with van der Waals surface area (Å²) in [7, 11) is 1.56. The van der Waals surface area contributed by atoms with Gasteiger partial charge >= 0.3 is 6.09 Å². The Balaban J connectivity index is 2.19. The van der Waals surface area contributed by atoms with Gasteiger partial charge in [-0.25, -0.2) is 19.8 Å². The van der Waals surface area contributed by atoms with E-state index in [2.05, 4.69) is 4.98 Å². The van der Waals surface area contributed by atoms with Crippen molar-refractivity contribution >= 4 is 17.7 Å². The molecule has 2 heterocycles. The first kappa shape index (κ1) is 12.1. The van der Waals surface area contributed by atoms with Crippen LogP contribution in [0.4, 0.5) is 4.79 Å². The first-order valence-electron chi connectivity index (χ1n) is 5.44. The van der Waals surface area contributed by atoms with Gasteiger partial charge in [0.2, 0.25) is 0 Å². The molecule has 1 unspecified atom stereocenters. The second-order valence-electron chi connectivity index (χ2n) is 4.04. The second-order valence-corrected chi connectivity index (χ2v) is 4.43. The average Bonchev–Trinajstić information content (AvgIpc) is 2.77. The van der Waals surface area contributed by atoms with E-state index in [0.29, 0.717) is 5.15 Å². The molecule has 1 aliphatic heterocycles. The first-order chi connectivity index (χ1) is 8.09. The fourth-order valence-electron chi connectivity index (χ4n) is 2.14. The molecule has 0 aliphatic carbocycles. The Hall–Kier alpha value is -1.33. The van der Waals surface area contributed by atoms with E-state index in [1.165, 1.54) is 5.01 Å². The molecule has 6 heteroatoms. The predicted octanol–water partition coefficient (Wildman–Crippen LogP) is 2.40. The summed E-state index contributed by atoms with van der Waals surface area (Å²) in [6, 6.07) is 3.70. The van der Waals surface area contributed by atoms with E-state index < -0.39 is 6.09 Å². The highest BCUT2D eigenvalue weighted by Gasteiger charge is 2.31. The van der Waals surface area contributed by atoms with Crippen LogP contribution < -0.4 is 0 Å². The largest absolute Gasteiger partial charge is 0.464 e. The minimum Gasteiger partial charge on any atom is -0.464 e. The van der Waals surface area contributed by atoms with Crippen LogP contribution in [0.25, 0.3) is 0 Å². The van der Waals surface area contributed by atoms with Crippen LogP contribution in [0.2, 0.25) is 5.15 Å². The van der Waals surface area contributed by atoms with Crippen LogP contribution in [-0.4, -0.2) is 39.8 Å². The summed E-state index contributed by atoms with van der Waals surface area (Å²) < 4.78 is 0. The van der Waals surface area contributed by atoms with Crippen LogP contribution >= 0.6 is 11.6 Å². The van der Waals surface area contributed by atoms with Gasteiger partial charge in [0.1, 0.15) is 5.15 Å². The van der Waals surface area contributed by atoms with Gasteiger partial charge in [-0.05, 0) is 24.5 Å². The summed E-state index contributed by atoms with van der Waals surface area (Å²) in [5, 5.41) is 12.5. The van der Waals surface area contributed by atoms with E-state index in [1.807, 2.05) is 11.1 Å². The number of nitrogens with zero attached hydrogens (tertiary/aromatic N) is 3. The highest BCUT2D eigenvalue weighted by atomic mass is 35.5. The number of pyridine rings is 1. The Morgan fingerprint density at radius 2 is 2.41 bits per heavy atom. The molecule has 2 rings (SSSR count). The lowest BCUT2D eigenvalue weighted by molar-refractivity contribution is -0.000225. The van der Waals surface area contributed by atoms with Gasteiger partial charge in [-0.3, -0.25) is 0 Å². The van der Waals surface area contributed by atoms with Crippen molar-refractivity contribution < 1.29 is 9.90 Å². The van der Waals surface area contributed by atoms with E-state index in [-0.39, 0.29) is 6.04 Å². The molecule has 1 N–H and O–H groups in total. The molecule has 17 heavy (non-hydrogen) atoms. The van der Waals surface area contributed by atoms with Crippen molar-refractivity contribution in [1.82, 2.24) is 15.0 Å². The lowest BCUT2D eigenvalue weighted by Crippen LogP contribution is -2.42. The summed E-state index contributed by atoms with van der Waals surface area (Å²) in [4.78, 5) is 15.0. The number of carbonyl (C=O) groups is 1. The normalized spacial score (nSPS) is 20.5. The molecule has 1 atom stereocenters. The van der Waals surface area contributed by atoms with Gasteiger partial charge in [0, 0.05) is 19.8 Å². The number of carboxylic acid groups (broad SMARTS) is 1. The maximum atomic E-state index is 11.0. The topological polar surface area (TPSA) is 56.7 Å². The zero-order chi connectivity index (χ0) is 12.4. The van der Waals surface area contributed by atoms with Crippen molar-refractivity contribution in [3.63, 3.8) is 0 Å². The van der Waals surface area contributed by atoms with E-state index in [4.69, 9.17) is 16.7 Å². The molecule has 92 valence electrons. The molecule has 1 aromatic rings. The minimum atomic E-state index is -0.946. The smallest absolute Gasteiger partial charge is 0.421 e. The summed E-state index contributed by atoms with van der Waals surface area (Å²) in [5.41, 5.74) is 1.00. The molecule has 1 amide bonds. The molecule has 0 bridgehead atoms. The predicted molar refractivity (Wildman–Crippen MR) is 63.7 cm³/mol. The molecule has 5 nitrogen and oxygen atoms in total. The van der Waals surface area contributed by atoms with Crippen molar-refractivity contribution in [3.05, 3.63) is 29.0 Å². The summed E-state index contributed by atoms with van der Waals surface area (Å²) in [6.07, 6.45) is 2.67. The molecule has 1 fully saturated rings. The number of hydrogen-bond donors (Lipinski definition) is 1. The quantitative estimate of drug-likeness (QED) is 0.825. The molecule has 1 aromatic heterocycles. The van der Waals surface area contributed by atoms with Gasteiger partial charge in [0.25, 0.3) is 0 Å². The Morgan fingerprint density at radius 1 is 1.65 bits per heavy atom. The van der Waals surface area contributed by atoms with Gasteiger partial charge in [-0.15, -0.1) is 0 Å². The van der Waals surface area contributed by atoms with Gasteiger partial charge in [0.15, 0.2) is 0 Å². The molecule has 0 spiro atoms. The SMILES string of the molecule is CN(C(=O)O)N1CCCC1c1ccc(Cl)nc1. The molecule has 0 saturated carbocycles. The molecular formula is C11H14ClN3O2. The Bertz CT molecular complexity index is 410. The number of hydrazine groups is 1. The van der Waals surface area contributed by atoms with Crippen molar-refractivity contribution in [2.75, 3.05) is 13.6 Å². The third-order valence-electron chi connectivity index (χ3n) is 3.02. The number of hydrogen-bond acceptors (Lipinski definition) is 3. The standard InChI is InChI=1S/C11H14ClN3O2/c1-14(11(16)17)15-6-2-3-9(15)8-4-5-10(12)13-7-8/h4-5,7,9H,2-3,6H2,1H3,(H,16,17). The highest BCUT2D eigenvalue weighted by Crippen LogP contribution is 2.32. The Kier molecular flexibility index (Phi) is 3.49. The lowest BCUT2D eigenvalue weighted by Gasteiger charge is -2.31. The Labute approximate surface area is 105 Å². The van der Waals surface area contributed by atoms with Gasteiger partial charge in [-0.2, -0.15) is 0 Å². The maximum Gasteiger partial charge on any atom is 0.421 e. The van der Waals surface area contributed by atoms with Gasteiger partial charge < -0.3 is 5.11 Å². The van der Waals surface area contributed by atoms with Crippen LogP contribution in [0, 0.1) is 0 Å². The molecule has 1 aliphatic rings. The van der Waals surface area contributed by atoms with E-state index >= 15 is 0 Å². The number of aromatic nitrogens is 1. The third-order valence-corrected chi connectivity index (χ3v) is 3.25. The van der Waals surface area contributed by atoms with Gasteiger partial charge in [0.05, 0.1) is 6.04 Å². The van der Waals surface area contributed by atoms with Gasteiger partial charge in [-0.1, -0.05) is 17.7 Å². The van der Waals surface area contributed by atoms with Crippen molar-refractivity contribution in [2.24, 2.45) is 0 Å². The molecule has 1 saturated heterocycles. The summed E-state index contributed by atoms with van der Waals surface area (Å²) in [6.45, 7) is 0.746. The van der Waals surface area contributed by atoms with E-state index in [1.54, 1.807) is 19.3 Å². The van der Waals surface area contributed by atoms with Crippen LogP contribution in [-0.2, 0) is 0 Å². The zero-order valence-electron chi connectivity index (χ0n) is 9.51. The highest BCUT2D eigenvalue weighted by molar-refractivity contribution is 6.29. The van der Waals surface area contributed by atoms with Crippen molar-refractivity contribution in [1.29, 1.82) is 0 Å². The van der Waals surface area contributed by atoms with Crippen LogP contribution in [0.1, 0.15) is 24.4 Å². The van der Waals surface area contributed by atoms with Crippen LogP contribution in [0.15, 0.2) is 18.3 Å². The van der Waals surface area contributed by atoms with Crippen LogP contribution in [0.3, 0.4) is 0 Å². The lowest BCUT2D eigenvalue weighted by atomic mass is 10.1. The monoisotopic (exact) mass is 255 g/mol. The minimum absolute atomic E-state index is 0.0702. The third kappa shape index (κ3) is 2.50. The second kappa shape index (κ2) is 4.89. The summed E-state index contributed by atoms with van der Waals surface area (Å²) >= 11 is 5.74. The van der Waals surface area contributed by atoms with Crippen molar-refractivity contribution in [2.45, 2.75) is 18.9 Å². The zero-order valence-corrected chi connectivity index (χ0v) is 10.3.